The van der Waals surface area contributed by atoms with Gasteiger partial charge in [-0.2, -0.15) is 5.10 Å². The summed E-state index contributed by atoms with van der Waals surface area (Å²) >= 11 is 0. The van der Waals surface area contributed by atoms with E-state index >= 15 is 0 Å². The largest absolute Gasteiger partial charge is 0.507 e. The predicted molar refractivity (Wildman–Crippen MR) is 179 cm³/mol. The van der Waals surface area contributed by atoms with Crippen molar-refractivity contribution >= 4 is 35.6 Å². The Balaban J connectivity index is 0.00000145. The maximum absolute atomic E-state index is 13.5. The summed E-state index contributed by atoms with van der Waals surface area (Å²) < 4.78 is 3.33. The first-order chi connectivity index (χ1) is 23.0. The van der Waals surface area contributed by atoms with Crippen LogP contribution in [0, 0.1) is 0 Å². The molecule has 0 aliphatic carbocycles. The Hall–Kier alpha value is -5.44. The number of piperazine rings is 1. The third-order valence-electron chi connectivity index (χ3n) is 7.91. The molecule has 0 saturated carbocycles. The molecule has 2 aromatic carbocycles. The molecule has 14 nitrogen and oxygen atoms in total. The average Bonchev–Trinajstić information content (AvgIpc) is 3.67. The van der Waals surface area contributed by atoms with E-state index in [1.165, 1.54) is 16.9 Å². The molecule has 6 rings (SSSR count). The number of fused-ring (bicyclic) bond motifs is 1. The van der Waals surface area contributed by atoms with Gasteiger partial charge in [0.25, 0.3) is 12.4 Å². The van der Waals surface area contributed by atoms with Crippen LogP contribution < -0.4 is 5.32 Å². The van der Waals surface area contributed by atoms with Gasteiger partial charge in [-0.3, -0.25) is 29.6 Å². The Morgan fingerprint density at radius 2 is 1.81 bits per heavy atom. The lowest BCUT2D eigenvalue weighted by Gasteiger charge is -2.32. The molecule has 0 bridgehead atoms. The second-order valence-electron chi connectivity index (χ2n) is 12.2. The standard InChI is InChI=1S/C33H36N8O4.CH2O2/c1-33(2,45)21-40-29-15-22(18-39-13-11-38(3)12-14-39)7-8-26(29)36-32(40)37-31(44)23-9-10-34-27(16-23)24-17-35-41(19-24)28-5-4-6-30(43)25(28)20-42;2-1-3/h4-10,15-17,19-20,43,45H,11-14,18,21H2,1-3H3,(H,36,37,44);1H,(H,2,3). The Morgan fingerprint density at radius 1 is 1.06 bits per heavy atom. The Labute approximate surface area is 276 Å². The van der Waals surface area contributed by atoms with Gasteiger partial charge in [0.2, 0.25) is 5.95 Å². The number of rotatable bonds is 9. The molecular formula is C34H38N8O6. The van der Waals surface area contributed by atoms with Crippen molar-refractivity contribution in [2.45, 2.75) is 32.5 Å². The van der Waals surface area contributed by atoms with Crippen molar-refractivity contribution in [1.29, 1.82) is 0 Å². The lowest BCUT2D eigenvalue weighted by Crippen LogP contribution is -2.43. The van der Waals surface area contributed by atoms with Gasteiger partial charge in [-0.15, -0.1) is 0 Å². The van der Waals surface area contributed by atoms with Gasteiger partial charge in [0.15, 0.2) is 6.29 Å². The number of likely N-dealkylation sites (N-methyl/N-ethyl adjacent to an activating group) is 1. The van der Waals surface area contributed by atoms with Gasteiger partial charge in [-0.1, -0.05) is 12.1 Å². The van der Waals surface area contributed by atoms with Crippen molar-refractivity contribution < 1.29 is 29.7 Å². The maximum Gasteiger partial charge on any atom is 0.290 e. The number of phenols is 1. The molecule has 3 aromatic heterocycles. The van der Waals surface area contributed by atoms with Crippen LogP contribution in [0.1, 0.15) is 40.1 Å². The number of aromatic nitrogens is 5. The van der Waals surface area contributed by atoms with E-state index in [1.807, 2.05) is 10.6 Å². The first-order valence-electron chi connectivity index (χ1n) is 15.3. The molecule has 14 heteroatoms. The van der Waals surface area contributed by atoms with E-state index in [9.17, 15) is 19.8 Å². The van der Waals surface area contributed by atoms with Gasteiger partial charge in [0.05, 0.1) is 46.3 Å². The highest BCUT2D eigenvalue weighted by molar-refractivity contribution is 6.04. The molecule has 48 heavy (non-hydrogen) atoms. The molecule has 0 radical (unpaired) electrons. The second-order valence-corrected chi connectivity index (χ2v) is 12.2. The van der Waals surface area contributed by atoms with E-state index in [2.05, 4.69) is 44.4 Å². The number of nitrogens with one attached hydrogen (secondary N) is 1. The van der Waals surface area contributed by atoms with Crippen LogP contribution in [0.5, 0.6) is 5.75 Å². The fraction of sp³-hybridized carbons (Fsp3) is 0.294. The van der Waals surface area contributed by atoms with Crippen LogP contribution in [0.3, 0.4) is 0 Å². The zero-order valence-corrected chi connectivity index (χ0v) is 26.9. The molecular weight excluding hydrogens is 616 g/mol. The summed E-state index contributed by atoms with van der Waals surface area (Å²) in [5.41, 5.74) is 3.67. The summed E-state index contributed by atoms with van der Waals surface area (Å²) in [6.07, 6.45) is 5.37. The van der Waals surface area contributed by atoms with Crippen molar-refractivity contribution in [1.82, 2.24) is 34.1 Å². The van der Waals surface area contributed by atoms with Crippen molar-refractivity contribution in [3.8, 4) is 22.7 Å². The zero-order chi connectivity index (χ0) is 34.4. The number of benzene rings is 2. The Bertz CT molecular complexity index is 1920. The number of hydrogen-bond acceptors (Lipinski definition) is 10. The number of aliphatic hydroxyl groups is 1. The summed E-state index contributed by atoms with van der Waals surface area (Å²) in [6.45, 7) is 8.32. The number of phenolic OH excluding ortho intramolecular Hbond substituents is 1. The molecule has 0 unspecified atom stereocenters. The van der Waals surface area contributed by atoms with Crippen molar-refractivity contribution in [3.63, 3.8) is 0 Å². The van der Waals surface area contributed by atoms with Gasteiger partial charge in [-0.05, 0) is 62.9 Å². The summed E-state index contributed by atoms with van der Waals surface area (Å²) in [6, 6.07) is 14.1. The van der Waals surface area contributed by atoms with Gasteiger partial charge in [0.1, 0.15) is 5.75 Å². The van der Waals surface area contributed by atoms with Gasteiger partial charge in [-0.25, -0.2) is 9.67 Å². The minimum absolute atomic E-state index is 0.119. The average molecular weight is 655 g/mol. The molecule has 250 valence electrons. The van der Waals surface area contributed by atoms with Gasteiger partial charge >= 0.3 is 0 Å². The summed E-state index contributed by atoms with van der Waals surface area (Å²) in [5, 5.41) is 35.0. The predicted octanol–water partition coefficient (Wildman–Crippen LogP) is 3.27. The number of aromatic hydroxyl groups is 1. The van der Waals surface area contributed by atoms with Crippen molar-refractivity contribution in [2.75, 3.05) is 38.5 Å². The third-order valence-corrected chi connectivity index (χ3v) is 7.91. The number of aldehydes is 1. The summed E-state index contributed by atoms with van der Waals surface area (Å²) in [4.78, 5) is 47.3. The van der Waals surface area contributed by atoms with Crippen LogP contribution >= 0.6 is 0 Å². The topological polar surface area (TPSA) is 179 Å². The lowest BCUT2D eigenvalue weighted by atomic mass is 10.1. The third kappa shape index (κ3) is 7.91. The quantitative estimate of drug-likeness (QED) is 0.171. The highest BCUT2D eigenvalue weighted by Crippen LogP contribution is 2.27. The first-order valence-corrected chi connectivity index (χ1v) is 15.3. The smallest absolute Gasteiger partial charge is 0.290 e. The molecule has 4 heterocycles. The first kappa shape index (κ1) is 33.9. The SMILES string of the molecule is CN1CCN(Cc2ccc3nc(NC(=O)c4ccnc(-c5cnn(-c6cccc(O)c6C=O)c5)c4)n(CC(C)(C)O)c3c2)CC1.O=CO. The van der Waals surface area contributed by atoms with Gasteiger partial charge in [0, 0.05) is 56.2 Å². The number of amides is 1. The highest BCUT2D eigenvalue weighted by Gasteiger charge is 2.22. The number of anilines is 1. The number of pyridine rings is 1. The minimum Gasteiger partial charge on any atom is -0.507 e. The summed E-state index contributed by atoms with van der Waals surface area (Å²) in [5.74, 6) is -0.184. The molecule has 0 spiro atoms. The number of hydrogen-bond donors (Lipinski definition) is 4. The normalized spacial score (nSPS) is 13.9. The van der Waals surface area contributed by atoms with Crippen LogP contribution in [0.25, 0.3) is 28.0 Å². The van der Waals surface area contributed by atoms with Crippen LogP contribution in [0.2, 0.25) is 0 Å². The number of carboxylic acid groups (broad SMARTS) is 1. The lowest BCUT2D eigenvalue weighted by molar-refractivity contribution is -0.122. The monoisotopic (exact) mass is 654 g/mol. The van der Waals surface area contributed by atoms with Gasteiger partial charge < -0.3 is 24.8 Å². The molecule has 1 saturated heterocycles. The fourth-order valence-electron chi connectivity index (χ4n) is 5.53. The van der Waals surface area contributed by atoms with E-state index in [1.54, 1.807) is 50.5 Å². The maximum atomic E-state index is 13.5. The van der Waals surface area contributed by atoms with E-state index in [0.29, 0.717) is 34.7 Å². The van der Waals surface area contributed by atoms with Crippen LogP contribution in [-0.4, -0.2) is 107 Å². The summed E-state index contributed by atoms with van der Waals surface area (Å²) in [7, 11) is 2.14. The van der Waals surface area contributed by atoms with Crippen molar-refractivity contribution in [2.24, 2.45) is 0 Å². The molecule has 1 amide bonds. The molecule has 1 aliphatic rings. The molecule has 4 N–H and O–H groups in total. The molecule has 0 atom stereocenters. The molecule has 1 fully saturated rings. The molecule has 1 aliphatic heterocycles. The Morgan fingerprint density at radius 3 is 2.52 bits per heavy atom. The van der Waals surface area contributed by atoms with E-state index in [4.69, 9.17) is 14.9 Å². The van der Waals surface area contributed by atoms with Crippen LogP contribution in [0.4, 0.5) is 5.95 Å². The van der Waals surface area contributed by atoms with E-state index < -0.39 is 5.60 Å². The number of carbonyl (C=O) groups is 3. The number of carbonyl (C=O) groups excluding carboxylic acids is 2. The number of imidazole rings is 1. The minimum atomic E-state index is -1.05. The van der Waals surface area contributed by atoms with Crippen LogP contribution in [-0.2, 0) is 17.9 Å². The fourth-order valence-corrected chi connectivity index (χ4v) is 5.53. The Kier molecular flexibility index (Phi) is 10.3. The van der Waals surface area contributed by atoms with Crippen molar-refractivity contribution in [3.05, 3.63) is 83.8 Å². The zero-order valence-electron chi connectivity index (χ0n) is 26.9. The van der Waals surface area contributed by atoms with E-state index in [0.717, 1.165) is 49.3 Å². The van der Waals surface area contributed by atoms with E-state index in [-0.39, 0.29) is 30.2 Å². The van der Waals surface area contributed by atoms with Crippen LogP contribution in [0.15, 0.2) is 67.1 Å². The second kappa shape index (κ2) is 14.5. The molecule has 5 aromatic rings. The highest BCUT2D eigenvalue weighted by atomic mass is 16.3. The number of nitrogens with zero attached hydrogens (tertiary/aromatic N) is 7.